The molecule has 0 saturated carbocycles. The largest absolute Gasteiger partial charge is 0.497 e. The summed E-state index contributed by atoms with van der Waals surface area (Å²) in [6.07, 6.45) is 1.24. The van der Waals surface area contributed by atoms with Crippen molar-refractivity contribution >= 4 is 5.82 Å². The van der Waals surface area contributed by atoms with Gasteiger partial charge >= 0.3 is 0 Å². The minimum Gasteiger partial charge on any atom is -0.497 e. The van der Waals surface area contributed by atoms with Gasteiger partial charge in [-0.15, -0.1) is 0 Å². The number of rotatable bonds is 7. The molecule has 0 amide bonds. The third kappa shape index (κ3) is 4.28. The molecule has 0 bridgehead atoms. The molecule has 1 aliphatic heterocycles. The smallest absolute Gasteiger partial charge is 0.164 e. The molecule has 3 heterocycles. The average Bonchev–Trinajstić information content (AvgIpc) is 3.31. The fourth-order valence-electron chi connectivity index (χ4n) is 3.31. The summed E-state index contributed by atoms with van der Waals surface area (Å²) in [5, 5.41) is 14.4. The normalized spacial score (nSPS) is 15.2. The second kappa shape index (κ2) is 9.21. The van der Waals surface area contributed by atoms with Gasteiger partial charge in [0.2, 0.25) is 0 Å². The van der Waals surface area contributed by atoms with Gasteiger partial charge in [-0.3, -0.25) is 0 Å². The summed E-state index contributed by atoms with van der Waals surface area (Å²) in [4.78, 5) is 11.4. The van der Waals surface area contributed by atoms with Crippen LogP contribution in [0.4, 0.5) is 5.82 Å². The molecule has 9 nitrogen and oxygen atoms in total. The van der Waals surface area contributed by atoms with Crippen LogP contribution < -0.4 is 9.64 Å². The topological polar surface area (TPSA) is 94.8 Å². The van der Waals surface area contributed by atoms with Crippen LogP contribution in [0.3, 0.4) is 0 Å². The quantitative estimate of drug-likeness (QED) is 0.630. The third-order valence-electron chi connectivity index (χ3n) is 4.98. The number of hydrogen-bond donors (Lipinski definition) is 1. The van der Waals surface area contributed by atoms with E-state index >= 15 is 0 Å². The summed E-state index contributed by atoms with van der Waals surface area (Å²) < 4.78 is 17.8. The lowest BCUT2D eigenvalue weighted by Gasteiger charge is -2.28. The van der Waals surface area contributed by atoms with E-state index in [1.165, 1.54) is 7.11 Å². The van der Waals surface area contributed by atoms with Crippen LogP contribution in [0.15, 0.2) is 42.6 Å². The molecule has 1 fully saturated rings. The van der Waals surface area contributed by atoms with Crippen LogP contribution in [0.25, 0.3) is 17.1 Å². The van der Waals surface area contributed by atoms with E-state index in [0.29, 0.717) is 24.9 Å². The summed E-state index contributed by atoms with van der Waals surface area (Å²) in [6.45, 7) is 2.55. The van der Waals surface area contributed by atoms with Crippen molar-refractivity contribution in [2.24, 2.45) is 0 Å². The first-order valence-corrected chi connectivity index (χ1v) is 9.77. The van der Waals surface area contributed by atoms with Crippen molar-refractivity contribution in [2.45, 2.75) is 6.10 Å². The lowest BCUT2D eigenvalue weighted by atomic mass is 10.1. The Bertz CT molecular complexity index is 983. The summed E-state index contributed by atoms with van der Waals surface area (Å²) in [6, 6.07) is 11.5. The molecule has 0 spiro atoms. The first-order chi connectivity index (χ1) is 14.7. The number of aliphatic hydroxyl groups excluding tert-OH is 1. The Balaban J connectivity index is 1.72. The zero-order chi connectivity index (χ0) is 20.9. The Morgan fingerprint density at radius 2 is 1.90 bits per heavy atom. The van der Waals surface area contributed by atoms with Gasteiger partial charge in [0.05, 0.1) is 32.6 Å². The highest BCUT2D eigenvalue weighted by molar-refractivity contribution is 5.61. The number of ether oxygens (including phenoxy) is 3. The molecule has 1 N–H and O–H groups in total. The zero-order valence-electron chi connectivity index (χ0n) is 17.1. The predicted molar refractivity (Wildman–Crippen MR) is 111 cm³/mol. The molecular formula is C21H25N5O4. The van der Waals surface area contributed by atoms with Crippen LogP contribution in [-0.2, 0) is 9.47 Å². The lowest BCUT2D eigenvalue weighted by Crippen LogP contribution is -2.37. The maximum Gasteiger partial charge on any atom is 0.164 e. The summed E-state index contributed by atoms with van der Waals surface area (Å²) in [5.74, 6) is 2.54. The molecule has 0 aliphatic carbocycles. The van der Waals surface area contributed by atoms with Crippen LogP contribution in [0.2, 0.25) is 0 Å². The Hall–Kier alpha value is -3.01. The fourth-order valence-corrected chi connectivity index (χ4v) is 3.31. The van der Waals surface area contributed by atoms with Crippen molar-refractivity contribution < 1.29 is 19.3 Å². The monoisotopic (exact) mass is 411 g/mol. The number of methoxy groups -OCH3 is 2. The Morgan fingerprint density at radius 3 is 2.63 bits per heavy atom. The molecule has 4 rings (SSSR count). The molecule has 158 valence electrons. The van der Waals surface area contributed by atoms with Gasteiger partial charge in [-0.25, -0.2) is 14.6 Å². The first-order valence-electron chi connectivity index (χ1n) is 9.77. The van der Waals surface area contributed by atoms with Crippen molar-refractivity contribution in [2.75, 3.05) is 52.0 Å². The van der Waals surface area contributed by atoms with Crippen LogP contribution in [0.1, 0.15) is 11.9 Å². The van der Waals surface area contributed by atoms with Gasteiger partial charge < -0.3 is 24.2 Å². The van der Waals surface area contributed by atoms with Gasteiger partial charge in [0.1, 0.15) is 17.7 Å². The number of benzene rings is 1. The second-order valence-electron chi connectivity index (χ2n) is 6.83. The van der Waals surface area contributed by atoms with Crippen molar-refractivity contribution in [3.8, 4) is 22.8 Å². The molecular weight excluding hydrogens is 386 g/mol. The van der Waals surface area contributed by atoms with E-state index in [0.717, 1.165) is 35.9 Å². The molecule has 2 aromatic heterocycles. The zero-order valence-corrected chi connectivity index (χ0v) is 17.1. The second-order valence-corrected chi connectivity index (χ2v) is 6.83. The number of anilines is 1. The van der Waals surface area contributed by atoms with Gasteiger partial charge in [-0.2, -0.15) is 5.10 Å². The molecule has 1 unspecified atom stereocenters. The highest BCUT2D eigenvalue weighted by Crippen LogP contribution is 2.25. The van der Waals surface area contributed by atoms with Gasteiger partial charge in [0.25, 0.3) is 0 Å². The van der Waals surface area contributed by atoms with Crippen molar-refractivity contribution in [1.29, 1.82) is 0 Å². The molecule has 1 aliphatic rings. The fraction of sp³-hybridized carbons (Fsp3) is 0.381. The van der Waals surface area contributed by atoms with E-state index in [4.69, 9.17) is 14.2 Å². The average molecular weight is 411 g/mol. The van der Waals surface area contributed by atoms with Crippen molar-refractivity contribution in [3.63, 3.8) is 0 Å². The number of morpholine rings is 1. The van der Waals surface area contributed by atoms with E-state index < -0.39 is 6.10 Å². The van der Waals surface area contributed by atoms with Crippen molar-refractivity contribution in [3.05, 3.63) is 48.4 Å². The summed E-state index contributed by atoms with van der Waals surface area (Å²) in [7, 11) is 3.17. The summed E-state index contributed by atoms with van der Waals surface area (Å²) in [5.41, 5.74) is 1.74. The molecule has 3 aromatic rings. The number of aliphatic hydroxyl groups is 1. The van der Waals surface area contributed by atoms with Crippen LogP contribution in [-0.4, -0.2) is 72.0 Å². The SMILES string of the molecule is COc1cccc(-c2ccn(-c3cc(N4CCOCC4)nc(C(CO)OC)n3)n2)c1. The van der Waals surface area contributed by atoms with Gasteiger partial charge in [0, 0.05) is 38.0 Å². The van der Waals surface area contributed by atoms with Crippen LogP contribution in [0, 0.1) is 0 Å². The first kappa shape index (κ1) is 20.3. The number of nitrogens with zero attached hydrogens (tertiary/aromatic N) is 5. The molecule has 1 saturated heterocycles. The molecule has 30 heavy (non-hydrogen) atoms. The van der Waals surface area contributed by atoms with Gasteiger partial charge in [-0.05, 0) is 18.2 Å². The predicted octanol–water partition coefficient (Wildman–Crippen LogP) is 1.85. The van der Waals surface area contributed by atoms with Gasteiger partial charge in [-0.1, -0.05) is 12.1 Å². The van der Waals surface area contributed by atoms with E-state index in [1.54, 1.807) is 11.8 Å². The maximum atomic E-state index is 9.67. The van der Waals surface area contributed by atoms with E-state index in [-0.39, 0.29) is 6.61 Å². The minimum absolute atomic E-state index is 0.212. The molecule has 0 radical (unpaired) electrons. The van der Waals surface area contributed by atoms with E-state index in [1.807, 2.05) is 42.6 Å². The van der Waals surface area contributed by atoms with Crippen LogP contribution in [0.5, 0.6) is 5.75 Å². The number of aromatic nitrogens is 4. The minimum atomic E-state index is -0.613. The molecule has 1 atom stereocenters. The molecule has 9 heteroatoms. The van der Waals surface area contributed by atoms with Crippen molar-refractivity contribution in [1.82, 2.24) is 19.7 Å². The Labute approximate surface area is 174 Å². The molecule has 1 aromatic carbocycles. The Kier molecular flexibility index (Phi) is 6.22. The van der Waals surface area contributed by atoms with Crippen LogP contribution >= 0.6 is 0 Å². The highest BCUT2D eigenvalue weighted by atomic mass is 16.5. The third-order valence-corrected chi connectivity index (χ3v) is 4.98. The maximum absolute atomic E-state index is 9.67. The lowest BCUT2D eigenvalue weighted by molar-refractivity contribution is 0.0422. The standard InChI is InChI=1S/C21H25N5O4/c1-28-16-5-3-4-15(12-16)17-6-7-26(24-17)20-13-19(25-8-10-30-11-9-25)22-21(23-20)18(14-27)29-2/h3-7,12-13,18,27H,8-11,14H2,1-2H3. The van der Waals surface area contributed by atoms with Gasteiger partial charge in [0.15, 0.2) is 11.6 Å². The Morgan fingerprint density at radius 1 is 1.10 bits per heavy atom. The highest BCUT2D eigenvalue weighted by Gasteiger charge is 2.20. The van der Waals surface area contributed by atoms with E-state index in [2.05, 4.69) is 20.0 Å². The van der Waals surface area contributed by atoms with E-state index in [9.17, 15) is 5.11 Å². The number of hydrogen-bond acceptors (Lipinski definition) is 8. The summed E-state index contributed by atoms with van der Waals surface area (Å²) >= 11 is 0.